The molecule has 9 heteroatoms. The summed E-state index contributed by atoms with van der Waals surface area (Å²) in [7, 11) is -3.74. The first-order chi connectivity index (χ1) is 12.8. The van der Waals surface area contributed by atoms with Gasteiger partial charge in [0.25, 0.3) is 0 Å². The fourth-order valence-electron chi connectivity index (χ4n) is 3.07. The van der Waals surface area contributed by atoms with Crippen molar-refractivity contribution in [2.75, 3.05) is 19.6 Å². The number of amides is 1. The van der Waals surface area contributed by atoms with Crippen molar-refractivity contribution in [3.63, 3.8) is 0 Å². The third kappa shape index (κ3) is 5.93. The van der Waals surface area contributed by atoms with Crippen LogP contribution in [-0.2, 0) is 14.8 Å². The van der Waals surface area contributed by atoms with Crippen LogP contribution in [0, 0.1) is 5.92 Å². The summed E-state index contributed by atoms with van der Waals surface area (Å²) in [6.07, 6.45) is 0.178. The number of nitrogens with zero attached hydrogens (tertiary/aromatic N) is 2. The Morgan fingerprint density at radius 3 is 2.54 bits per heavy atom. The Morgan fingerprint density at radius 1 is 1.32 bits per heavy atom. The highest BCUT2D eigenvalue weighted by Gasteiger charge is 2.39. The molecule has 1 amide bonds. The van der Waals surface area contributed by atoms with Crippen molar-refractivity contribution < 1.29 is 17.9 Å². The van der Waals surface area contributed by atoms with Crippen molar-refractivity contribution in [2.45, 2.75) is 57.6 Å². The minimum absolute atomic E-state index is 0.149. The molecule has 0 unspecified atom stereocenters. The van der Waals surface area contributed by atoms with Gasteiger partial charge in [0.15, 0.2) is 0 Å². The Hall–Kier alpha value is -0.640. The number of sulfonamides is 1. The Morgan fingerprint density at radius 2 is 1.96 bits per heavy atom. The maximum absolute atomic E-state index is 13.5. The molecule has 0 bridgehead atoms. The van der Waals surface area contributed by atoms with E-state index < -0.39 is 21.7 Å². The molecule has 158 valence electrons. The fraction of sp³-hybridized carbons (Fsp3) is 0.632. The summed E-state index contributed by atoms with van der Waals surface area (Å²) in [6.45, 7) is 10.6. The quantitative estimate of drug-likeness (QED) is 0.535. The summed E-state index contributed by atoms with van der Waals surface area (Å²) in [5.74, 6) is 0.149. The van der Waals surface area contributed by atoms with E-state index in [1.165, 1.54) is 4.31 Å². The molecule has 1 aliphatic rings. The highest BCUT2D eigenvalue weighted by molar-refractivity contribution is 9.11. The van der Waals surface area contributed by atoms with Crippen LogP contribution in [-0.4, -0.2) is 55.0 Å². The molecule has 0 saturated carbocycles. The third-order valence-electron chi connectivity index (χ3n) is 4.25. The number of benzene rings is 1. The minimum Gasteiger partial charge on any atom is -0.444 e. The van der Waals surface area contributed by atoms with E-state index >= 15 is 0 Å². The summed E-state index contributed by atoms with van der Waals surface area (Å²) >= 11 is 6.72. The first kappa shape index (κ1) is 23.6. The first-order valence-electron chi connectivity index (χ1n) is 9.26. The van der Waals surface area contributed by atoms with Gasteiger partial charge >= 0.3 is 6.09 Å². The molecular weight excluding hydrogens is 512 g/mol. The topological polar surface area (TPSA) is 66.9 Å². The van der Waals surface area contributed by atoms with Gasteiger partial charge in [0.2, 0.25) is 10.0 Å². The van der Waals surface area contributed by atoms with Crippen LogP contribution in [0.3, 0.4) is 0 Å². The first-order valence-corrected chi connectivity index (χ1v) is 12.3. The molecule has 0 N–H and O–H groups in total. The fourth-order valence-corrected chi connectivity index (χ4v) is 6.35. The standard InChI is InChI=1S/C19H28Br2N2O4S/c1-13(2)11-23(28(25,26)17-10-14(20)6-7-16(17)21)15-8-9-22(12-15)18(24)27-19(3,4)5/h6-7,10,13,15H,8-9,11-12H2,1-5H3/t15-/m1/s1. The molecule has 2 rings (SSSR count). The van der Waals surface area contributed by atoms with Crippen molar-refractivity contribution in [1.82, 2.24) is 9.21 Å². The summed E-state index contributed by atoms with van der Waals surface area (Å²) in [6, 6.07) is 4.82. The molecule has 1 heterocycles. The van der Waals surface area contributed by atoms with Crippen LogP contribution in [0.4, 0.5) is 4.79 Å². The zero-order chi connectivity index (χ0) is 21.3. The van der Waals surface area contributed by atoms with E-state index in [0.29, 0.717) is 35.0 Å². The van der Waals surface area contributed by atoms with E-state index in [9.17, 15) is 13.2 Å². The normalized spacial score (nSPS) is 18.2. The van der Waals surface area contributed by atoms with Gasteiger partial charge in [0, 0.05) is 34.6 Å². The van der Waals surface area contributed by atoms with Crippen molar-refractivity contribution in [3.05, 3.63) is 27.1 Å². The lowest BCUT2D eigenvalue weighted by atomic mass is 10.2. The zero-order valence-corrected chi connectivity index (χ0v) is 20.9. The van der Waals surface area contributed by atoms with Crippen LogP contribution in [0.1, 0.15) is 41.0 Å². The Bertz CT molecular complexity index is 822. The maximum atomic E-state index is 13.5. The van der Waals surface area contributed by atoms with E-state index in [1.807, 2.05) is 34.6 Å². The SMILES string of the molecule is CC(C)CN([C@@H]1CCN(C(=O)OC(C)(C)C)C1)S(=O)(=O)c1cc(Br)ccc1Br. The predicted molar refractivity (Wildman–Crippen MR) is 117 cm³/mol. The van der Waals surface area contributed by atoms with Gasteiger partial charge in [-0.1, -0.05) is 29.8 Å². The second-order valence-corrected chi connectivity index (χ2v) is 12.0. The molecule has 0 aliphatic carbocycles. The van der Waals surface area contributed by atoms with Crippen molar-refractivity contribution in [1.29, 1.82) is 0 Å². The Kier molecular flexibility index (Phi) is 7.61. The number of rotatable bonds is 5. The molecule has 6 nitrogen and oxygen atoms in total. The van der Waals surface area contributed by atoms with E-state index in [0.717, 1.165) is 0 Å². The van der Waals surface area contributed by atoms with Crippen LogP contribution < -0.4 is 0 Å². The summed E-state index contributed by atoms with van der Waals surface area (Å²) in [4.78, 5) is 14.2. The molecule has 0 aromatic heterocycles. The molecule has 0 radical (unpaired) electrons. The van der Waals surface area contributed by atoms with Crippen LogP contribution in [0.25, 0.3) is 0 Å². The Labute approximate surface area is 184 Å². The van der Waals surface area contributed by atoms with Crippen LogP contribution in [0.2, 0.25) is 0 Å². The van der Waals surface area contributed by atoms with Gasteiger partial charge in [0.05, 0.1) is 4.90 Å². The number of ether oxygens (including phenoxy) is 1. The number of likely N-dealkylation sites (tertiary alicyclic amines) is 1. The summed E-state index contributed by atoms with van der Waals surface area (Å²) < 4.78 is 35.1. The number of hydrogen-bond donors (Lipinski definition) is 0. The lowest BCUT2D eigenvalue weighted by Crippen LogP contribution is -2.45. The average molecular weight is 540 g/mol. The largest absolute Gasteiger partial charge is 0.444 e. The van der Waals surface area contributed by atoms with Gasteiger partial charge in [-0.2, -0.15) is 4.31 Å². The summed E-state index contributed by atoms with van der Waals surface area (Å²) in [5, 5.41) is 0. The zero-order valence-electron chi connectivity index (χ0n) is 16.9. The van der Waals surface area contributed by atoms with Crippen LogP contribution >= 0.6 is 31.9 Å². The number of hydrogen-bond acceptors (Lipinski definition) is 4. The molecular formula is C19H28Br2N2O4S. The lowest BCUT2D eigenvalue weighted by Gasteiger charge is -2.30. The third-order valence-corrected chi connectivity index (χ3v) is 7.65. The van der Waals surface area contributed by atoms with E-state index in [4.69, 9.17) is 4.74 Å². The van der Waals surface area contributed by atoms with Crippen molar-refractivity contribution in [2.24, 2.45) is 5.92 Å². The number of carbonyl (C=O) groups is 1. The van der Waals surface area contributed by atoms with Gasteiger partial charge in [-0.3, -0.25) is 0 Å². The number of halogens is 2. The van der Waals surface area contributed by atoms with Crippen LogP contribution in [0.5, 0.6) is 0 Å². The monoisotopic (exact) mass is 538 g/mol. The van der Waals surface area contributed by atoms with Gasteiger partial charge in [-0.15, -0.1) is 0 Å². The highest BCUT2D eigenvalue weighted by atomic mass is 79.9. The Balaban J connectivity index is 2.29. The molecule has 1 aromatic rings. The van der Waals surface area contributed by atoms with Crippen molar-refractivity contribution in [3.8, 4) is 0 Å². The molecule has 1 atom stereocenters. The second kappa shape index (κ2) is 9.02. The molecule has 1 aliphatic heterocycles. The summed E-state index contributed by atoms with van der Waals surface area (Å²) in [5.41, 5.74) is -0.583. The molecule has 1 aromatic carbocycles. The molecule has 28 heavy (non-hydrogen) atoms. The molecule has 1 fully saturated rings. The van der Waals surface area contributed by atoms with Gasteiger partial charge in [0.1, 0.15) is 5.60 Å². The van der Waals surface area contributed by atoms with E-state index in [2.05, 4.69) is 31.9 Å². The lowest BCUT2D eigenvalue weighted by molar-refractivity contribution is 0.0286. The highest BCUT2D eigenvalue weighted by Crippen LogP contribution is 2.32. The minimum atomic E-state index is -3.74. The molecule has 1 saturated heterocycles. The predicted octanol–water partition coefficient (Wildman–Crippen LogP) is 4.87. The van der Waals surface area contributed by atoms with E-state index in [-0.39, 0.29) is 16.9 Å². The smallest absolute Gasteiger partial charge is 0.410 e. The van der Waals surface area contributed by atoms with E-state index in [1.54, 1.807) is 23.1 Å². The molecule has 0 spiro atoms. The van der Waals surface area contributed by atoms with Gasteiger partial charge < -0.3 is 9.64 Å². The average Bonchev–Trinajstić information content (AvgIpc) is 3.02. The number of carbonyl (C=O) groups excluding carboxylic acids is 1. The van der Waals surface area contributed by atoms with Gasteiger partial charge in [-0.25, -0.2) is 13.2 Å². The maximum Gasteiger partial charge on any atom is 0.410 e. The van der Waals surface area contributed by atoms with Crippen LogP contribution in [0.15, 0.2) is 32.0 Å². The second-order valence-electron chi connectivity index (χ2n) is 8.41. The van der Waals surface area contributed by atoms with Crippen molar-refractivity contribution >= 4 is 48.0 Å². The van der Waals surface area contributed by atoms with Gasteiger partial charge in [-0.05, 0) is 67.2 Å².